The average Bonchev–Trinajstić information content (AvgIpc) is 3.07. The van der Waals surface area contributed by atoms with Crippen LogP contribution < -0.4 is 10.2 Å². The van der Waals surface area contributed by atoms with E-state index >= 15 is 0 Å². The fraction of sp³-hybridized carbons (Fsp3) is 0.444. The molecule has 3 aliphatic rings. The van der Waals surface area contributed by atoms with Gasteiger partial charge in [0, 0.05) is 25.2 Å². The molecule has 1 saturated heterocycles. The number of nitrogens with zero attached hydrogens (tertiary/aromatic N) is 2. The number of benzene rings is 1. The number of rotatable bonds is 4. The number of hydrogen-bond acceptors (Lipinski definition) is 4. The van der Waals surface area contributed by atoms with Gasteiger partial charge in [-0.05, 0) is 43.9 Å². The average molecular weight is 372 g/mol. The lowest BCUT2D eigenvalue weighted by molar-refractivity contribution is 0.0954. The van der Waals surface area contributed by atoms with Crippen molar-refractivity contribution in [3.8, 4) is 10.7 Å². The molecular weight excluding hydrogens is 348 g/mol. The Balaban J connectivity index is 1.82. The Hall–Kier alpha value is -2.48. The smallest absolute Gasteiger partial charge is 0.251 e. The Kier molecular flexibility index (Phi) is 4.83. The monoisotopic (exact) mass is 372 g/mol. The largest absolute Gasteiger partial charge is 0.356 e. The summed E-state index contributed by atoms with van der Waals surface area (Å²) in [5.41, 5.74) is 2.60. The zero-order valence-electron chi connectivity index (χ0n) is 14.9. The van der Waals surface area contributed by atoms with Gasteiger partial charge in [-0.3, -0.25) is 9.89 Å². The first-order chi connectivity index (χ1) is 12.8. The Bertz CT molecular complexity index is 911. The number of anilines is 1. The van der Waals surface area contributed by atoms with E-state index in [2.05, 4.69) is 30.6 Å². The van der Waals surface area contributed by atoms with Crippen molar-refractivity contribution in [2.45, 2.75) is 32.6 Å². The summed E-state index contributed by atoms with van der Waals surface area (Å²) < 4.78 is 1.06. The number of piperidine rings is 1. The van der Waals surface area contributed by atoms with Crippen LogP contribution in [0.2, 0.25) is 0 Å². The van der Waals surface area contributed by atoms with Crippen molar-refractivity contribution in [3.63, 3.8) is 0 Å². The van der Waals surface area contributed by atoms with Crippen molar-refractivity contribution >= 4 is 33.3 Å². The molecule has 26 heavy (non-hydrogen) atoms. The van der Waals surface area contributed by atoms with Crippen LogP contribution in [0.1, 0.15) is 43.0 Å². The number of carbonyl (C=O) groups is 1. The van der Waals surface area contributed by atoms with E-state index in [4.69, 9.17) is 0 Å². The van der Waals surface area contributed by atoms with E-state index in [0.29, 0.717) is 12.1 Å². The van der Waals surface area contributed by atoms with Crippen LogP contribution in [0.5, 0.6) is 0 Å². The van der Waals surface area contributed by atoms with E-state index in [1.54, 1.807) is 11.3 Å². The maximum Gasteiger partial charge on any atom is 0.251 e. The molecule has 4 rings (SSSR count). The fourth-order valence-corrected chi connectivity index (χ4v) is 4.23. The van der Waals surface area contributed by atoms with Gasteiger partial charge in [0.05, 0.1) is 10.2 Å². The quantitative estimate of drug-likeness (QED) is 0.563. The van der Waals surface area contributed by atoms with Crippen LogP contribution in [0.15, 0.2) is 18.2 Å². The van der Waals surface area contributed by atoms with Crippen LogP contribution in [-0.2, 0) is 0 Å². The van der Waals surface area contributed by atoms with Crippen LogP contribution in [0.25, 0.3) is 20.9 Å². The second-order valence-electron chi connectivity index (χ2n) is 6.62. The molecule has 1 aromatic carbocycles. The van der Waals surface area contributed by atoms with E-state index in [-0.39, 0.29) is 5.91 Å². The molecule has 3 aliphatic heterocycles. The number of aromatic amines is 3. The van der Waals surface area contributed by atoms with E-state index in [0.717, 1.165) is 46.2 Å². The lowest BCUT2D eigenvalue weighted by atomic mass is 10.1. The summed E-state index contributed by atoms with van der Waals surface area (Å²) >= 11 is 1.60. The number of hydrogen-bond donors (Lipinski definition) is 4. The molecule has 0 unspecified atom stereocenters. The first-order valence-corrected chi connectivity index (χ1v) is 10.0. The van der Waals surface area contributed by atoms with Gasteiger partial charge in [-0.25, -0.2) is 5.21 Å². The van der Waals surface area contributed by atoms with E-state index < -0.39 is 0 Å². The van der Waals surface area contributed by atoms with Crippen LogP contribution >= 0.6 is 11.3 Å². The molecule has 0 atom stereocenters. The summed E-state index contributed by atoms with van der Waals surface area (Å²) in [7, 11) is 0. The molecular formula is C18H24N6OS. The third-order valence-corrected chi connectivity index (χ3v) is 5.76. The van der Waals surface area contributed by atoms with E-state index in [1.165, 1.54) is 19.3 Å². The highest BCUT2D eigenvalue weighted by Crippen LogP contribution is 2.34. The molecule has 1 fully saturated rings. The normalized spacial score (nSPS) is 14.7. The van der Waals surface area contributed by atoms with Gasteiger partial charge in [0.25, 0.3) is 5.91 Å². The predicted molar refractivity (Wildman–Crippen MR) is 106 cm³/mol. The SMILES string of the molecule is CCCNC(=O)c1ccc2sc3n[nH][nH]c-3c(N3CCCCC3)[nH]c2c1. The van der Waals surface area contributed by atoms with E-state index in [1.807, 2.05) is 25.1 Å². The molecule has 0 aliphatic carbocycles. The summed E-state index contributed by atoms with van der Waals surface area (Å²) in [4.78, 5) is 18.3. The van der Waals surface area contributed by atoms with Crippen LogP contribution in [0, 0.1) is 0 Å². The van der Waals surface area contributed by atoms with Gasteiger partial charge in [-0.15, -0.1) is 16.4 Å². The molecule has 4 N–H and O–H groups in total. The number of aromatic nitrogens is 4. The standard InChI is InChI=1S/C18H24N6OS/c1-2-8-19-17(25)12-6-7-14-13(11-12)20-16(24-9-4-3-5-10-24)15-18(26-14)22-23-21-15/h6-7,11,20-21,23H,2-5,8-10H2,1H3,(H,19,25). The van der Waals surface area contributed by atoms with Gasteiger partial charge in [-0.1, -0.05) is 6.92 Å². The number of H-pyrrole nitrogens is 3. The molecule has 3 heterocycles. The highest BCUT2D eigenvalue weighted by molar-refractivity contribution is 7.21. The first-order valence-electron chi connectivity index (χ1n) is 9.21. The van der Waals surface area contributed by atoms with Gasteiger partial charge in [0.2, 0.25) is 0 Å². The molecule has 0 spiro atoms. The number of amides is 1. The second kappa shape index (κ2) is 7.41. The Morgan fingerprint density at radius 3 is 2.96 bits per heavy atom. The molecule has 0 saturated carbocycles. The van der Waals surface area contributed by atoms with Crippen LogP contribution in [0.4, 0.5) is 5.82 Å². The number of carbonyl (C=O) groups excluding carboxylic acids is 1. The van der Waals surface area contributed by atoms with Crippen molar-refractivity contribution in [3.05, 3.63) is 23.8 Å². The number of fused-ring (bicyclic) bond motifs is 2. The van der Waals surface area contributed by atoms with Crippen LogP contribution in [-0.4, -0.2) is 45.9 Å². The zero-order valence-corrected chi connectivity index (χ0v) is 15.7. The molecule has 0 aromatic heterocycles. The predicted octanol–water partition coefficient (Wildman–Crippen LogP) is 3.64. The maximum atomic E-state index is 12.3. The Morgan fingerprint density at radius 2 is 2.15 bits per heavy atom. The van der Waals surface area contributed by atoms with Gasteiger partial charge >= 0.3 is 0 Å². The first kappa shape index (κ1) is 17.0. The maximum absolute atomic E-state index is 12.3. The third-order valence-electron chi connectivity index (χ3n) is 4.70. The summed E-state index contributed by atoms with van der Waals surface area (Å²) in [5.74, 6) is 1.00. The summed E-state index contributed by atoms with van der Waals surface area (Å²) in [5, 5.41) is 14.3. The summed E-state index contributed by atoms with van der Waals surface area (Å²) in [6, 6.07) is 5.80. The zero-order chi connectivity index (χ0) is 17.9. The lowest BCUT2D eigenvalue weighted by Gasteiger charge is -2.28. The fourth-order valence-electron chi connectivity index (χ4n) is 3.33. The number of nitrogens with one attached hydrogen (secondary N) is 4. The van der Waals surface area contributed by atoms with Crippen molar-refractivity contribution in [2.75, 3.05) is 24.5 Å². The highest BCUT2D eigenvalue weighted by Gasteiger charge is 2.20. The van der Waals surface area contributed by atoms with E-state index in [9.17, 15) is 4.79 Å². The summed E-state index contributed by atoms with van der Waals surface area (Å²) in [6.07, 6.45) is 4.59. The van der Waals surface area contributed by atoms with Gasteiger partial charge in [0.1, 0.15) is 11.5 Å². The molecule has 138 valence electrons. The molecule has 7 nitrogen and oxygen atoms in total. The van der Waals surface area contributed by atoms with Gasteiger partial charge < -0.3 is 15.2 Å². The Morgan fingerprint density at radius 1 is 1.31 bits per heavy atom. The van der Waals surface area contributed by atoms with Crippen molar-refractivity contribution < 1.29 is 4.79 Å². The van der Waals surface area contributed by atoms with Crippen LogP contribution in [0.3, 0.4) is 0 Å². The van der Waals surface area contributed by atoms with Gasteiger partial charge in [-0.2, -0.15) is 0 Å². The minimum atomic E-state index is -0.0322. The highest BCUT2D eigenvalue weighted by atomic mass is 32.1. The minimum Gasteiger partial charge on any atom is -0.356 e. The molecule has 0 radical (unpaired) electrons. The Labute approximate surface area is 155 Å². The topological polar surface area (TPSA) is 92.6 Å². The third kappa shape index (κ3) is 3.29. The summed E-state index contributed by atoms with van der Waals surface area (Å²) in [6.45, 7) is 4.79. The van der Waals surface area contributed by atoms with Gasteiger partial charge in [0.15, 0.2) is 5.01 Å². The second-order valence-corrected chi connectivity index (χ2v) is 7.65. The lowest BCUT2D eigenvalue weighted by Crippen LogP contribution is -2.30. The molecule has 1 aromatic rings. The minimum absolute atomic E-state index is 0.0322. The van der Waals surface area contributed by atoms with Crippen molar-refractivity contribution in [1.29, 1.82) is 0 Å². The molecule has 0 bridgehead atoms. The van der Waals surface area contributed by atoms with Crippen molar-refractivity contribution in [2.24, 2.45) is 0 Å². The van der Waals surface area contributed by atoms with Crippen molar-refractivity contribution in [1.82, 2.24) is 25.7 Å². The molecule has 1 amide bonds. The molecule has 8 heteroatoms.